The molecular weight excluding hydrogens is 324 g/mol. The second-order valence-electron chi connectivity index (χ2n) is 4.76. The van der Waals surface area contributed by atoms with E-state index in [1.54, 1.807) is 17.8 Å². The largest absolute Gasteiger partial charge is 0.399 e. The minimum Gasteiger partial charge on any atom is -0.399 e. The highest BCUT2D eigenvalue weighted by Gasteiger charge is 2.03. The van der Waals surface area contributed by atoms with E-state index in [1.165, 1.54) is 17.6 Å². The van der Waals surface area contributed by atoms with Gasteiger partial charge in [-0.25, -0.2) is 0 Å². The lowest BCUT2D eigenvalue weighted by atomic mass is 10.3. The average molecular weight is 338 g/mol. The highest BCUT2D eigenvalue weighted by molar-refractivity contribution is 7.99. The number of nitrogen functional groups attached to an aromatic ring is 1. The van der Waals surface area contributed by atoms with E-state index in [9.17, 15) is 4.79 Å². The normalized spacial score (nSPS) is 11.0. The van der Waals surface area contributed by atoms with Crippen molar-refractivity contribution in [3.63, 3.8) is 0 Å². The maximum atomic E-state index is 11.9. The van der Waals surface area contributed by atoms with Crippen LogP contribution in [0.3, 0.4) is 0 Å². The van der Waals surface area contributed by atoms with Gasteiger partial charge in [0, 0.05) is 15.5 Å². The molecule has 0 atom stereocenters. The Morgan fingerprint density at radius 3 is 2.26 bits per heavy atom. The van der Waals surface area contributed by atoms with Gasteiger partial charge in [-0.3, -0.25) is 9.79 Å². The van der Waals surface area contributed by atoms with Crippen LogP contribution in [-0.2, 0) is 0 Å². The minimum absolute atomic E-state index is 0.0691. The molecule has 2 aromatic carbocycles. The molecule has 3 aromatic rings. The summed E-state index contributed by atoms with van der Waals surface area (Å²) in [6.07, 6.45) is 1.37. The fourth-order valence-electron chi connectivity index (χ4n) is 1.89. The van der Waals surface area contributed by atoms with Crippen LogP contribution in [0.4, 0.5) is 11.4 Å². The van der Waals surface area contributed by atoms with Gasteiger partial charge in [0.05, 0.1) is 16.8 Å². The predicted molar refractivity (Wildman–Crippen MR) is 98.2 cm³/mol. The number of carbonyl (C=O) groups excluding carboxylic acids is 1. The summed E-state index contributed by atoms with van der Waals surface area (Å²) in [5, 5.41) is 1.88. The molecule has 0 spiro atoms. The Morgan fingerprint density at radius 2 is 1.65 bits per heavy atom. The van der Waals surface area contributed by atoms with Gasteiger partial charge in [0.15, 0.2) is 0 Å². The first-order valence-corrected chi connectivity index (χ1v) is 8.66. The van der Waals surface area contributed by atoms with Gasteiger partial charge in [0.2, 0.25) is 5.78 Å². The Bertz CT molecular complexity index is 807. The molecule has 1 heterocycles. The quantitative estimate of drug-likeness (QED) is 0.401. The first-order chi connectivity index (χ1) is 11.2. The lowest BCUT2D eigenvalue weighted by molar-refractivity contribution is 0.107. The van der Waals surface area contributed by atoms with E-state index in [2.05, 4.69) is 4.99 Å². The Labute approximate surface area is 142 Å². The van der Waals surface area contributed by atoms with Gasteiger partial charge in [0.1, 0.15) is 0 Å². The van der Waals surface area contributed by atoms with E-state index in [0.29, 0.717) is 4.88 Å². The maximum absolute atomic E-state index is 11.9. The van der Waals surface area contributed by atoms with Crippen LogP contribution in [0, 0.1) is 0 Å². The number of nitrogens with zero attached hydrogens (tertiary/aromatic N) is 1. The van der Waals surface area contributed by atoms with Gasteiger partial charge in [-0.2, -0.15) is 0 Å². The first-order valence-electron chi connectivity index (χ1n) is 6.96. The summed E-state index contributed by atoms with van der Waals surface area (Å²) in [6.45, 7) is 0. The third-order valence-electron chi connectivity index (χ3n) is 3.05. The molecule has 2 N–H and O–H groups in total. The molecule has 3 nitrogen and oxygen atoms in total. The SMILES string of the molecule is Nc1ccc(Sc2ccc(N=CC(=O)c3cccs3)cc2)cc1. The second-order valence-corrected chi connectivity index (χ2v) is 6.86. The number of Topliss-reactive ketones (excluding diaryl/α,β-unsaturated/α-hetero) is 1. The number of nitrogens with two attached hydrogens (primary N) is 1. The molecule has 3 rings (SSSR count). The van der Waals surface area contributed by atoms with Crippen molar-refractivity contribution in [1.82, 2.24) is 0 Å². The van der Waals surface area contributed by atoms with E-state index in [0.717, 1.165) is 21.2 Å². The van der Waals surface area contributed by atoms with E-state index in [-0.39, 0.29) is 5.78 Å². The molecule has 5 heteroatoms. The summed E-state index contributed by atoms with van der Waals surface area (Å²) >= 11 is 3.07. The Hall–Kier alpha value is -2.37. The number of hydrogen-bond donors (Lipinski definition) is 1. The summed E-state index contributed by atoms with van der Waals surface area (Å²) in [5.74, 6) is -0.0691. The van der Waals surface area contributed by atoms with Gasteiger partial charge in [0.25, 0.3) is 0 Å². The monoisotopic (exact) mass is 338 g/mol. The van der Waals surface area contributed by atoms with Crippen LogP contribution >= 0.6 is 23.1 Å². The van der Waals surface area contributed by atoms with E-state index < -0.39 is 0 Å². The molecule has 0 fully saturated rings. The van der Waals surface area contributed by atoms with Crippen molar-refractivity contribution in [1.29, 1.82) is 0 Å². The maximum Gasteiger partial charge on any atom is 0.213 e. The topological polar surface area (TPSA) is 55.4 Å². The summed E-state index contributed by atoms with van der Waals surface area (Å²) < 4.78 is 0. The summed E-state index contributed by atoms with van der Waals surface area (Å²) in [7, 11) is 0. The standard InChI is InChI=1S/C18H14N2OS2/c19-13-3-7-15(8-4-13)23-16-9-5-14(6-10-16)20-12-17(21)18-2-1-11-22-18/h1-12H,19H2. The number of hydrogen-bond acceptors (Lipinski definition) is 5. The molecule has 0 unspecified atom stereocenters. The number of thiophene rings is 1. The van der Waals surface area contributed by atoms with Gasteiger partial charge in [-0.1, -0.05) is 17.8 Å². The summed E-state index contributed by atoms with van der Waals surface area (Å²) in [6, 6.07) is 19.2. The van der Waals surface area contributed by atoms with Gasteiger partial charge in [-0.05, 0) is 60.0 Å². The van der Waals surface area contributed by atoms with Crippen molar-refractivity contribution < 1.29 is 4.79 Å². The zero-order valence-corrected chi connectivity index (χ0v) is 13.8. The molecule has 1 aromatic heterocycles. The van der Waals surface area contributed by atoms with Crippen molar-refractivity contribution in [2.45, 2.75) is 9.79 Å². The lowest BCUT2D eigenvalue weighted by Gasteiger charge is -2.02. The number of ketones is 1. The third-order valence-corrected chi connectivity index (χ3v) is 4.95. The van der Waals surface area contributed by atoms with Crippen LogP contribution in [-0.4, -0.2) is 12.0 Å². The van der Waals surface area contributed by atoms with Crippen LogP contribution in [0.15, 0.2) is 80.8 Å². The van der Waals surface area contributed by atoms with Crippen molar-refractivity contribution in [3.8, 4) is 0 Å². The Balaban J connectivity index is 1.65. The Morgan fingerprint density at radius 1 is 1.00 bits per heavy atom. The second kappa shape index (κ2) is 7.26. The van der Waals surface area contributed by atoms with Crippen LogP contribution in [0.5, 0.6) is 0 Å². The van der Waals surface area contributed by atoms with Gasteiger partial charge < -0.3 is 5.73 Å². The molecule has 0 amide bonds. The molecule has 0 aliphatic rings. The zero-order valence-electron chi connectivity index (χ0n) is 12.2. The summed E-state index contributed by atoms with van der Waals surface area (Å²) in [5.41, 5.74) is 7.20. The minimum atomic E-state index is -0.0691. The molecule has 0 saturated carbocycles. The van der Waals surface area contributed by atoms with Gasteiger partial charge >= 0.3 is 0 Å². The highest BCUT2D eigenvalue weighted by Crippen LogP contribution is 2.29. The van der Waals surface area contributed by atoms with Crippen LogP contribution in [0.1, 0.15) is 9.67 Å². The number of aliphatic imine (C=N–C) groups is 1. The molecular formula is C18H14N2OS2. The Kier molecular flexibility index (Phi) is 4.90. The number of carbonyl (C=O) groups is 1. The molecule has 0 bridgehead atoms. The van der Waals surface area contributed by atoms with Gasteiger partial charge in [-0.15, -0.1) is 11.3 Å². The first kappa shape index (κ1) is 15.5. The van der Waals surface area contributed by atoms with E-state index in [4.69, 9.17) is 5.73 Å². The molecule has 0 aliphatic carbocycles. The highest BCUT2D eigenvalue weighted by atomic mass is 32.2. The van der Waals surface area contributed by atoms with E-state index >= 15 is 0 Å². The zero-order chi connectivity index (χ0) is 16.1. The number of anilines is 1. The third kappa shape index (κ3) is 4.31. The van der Waals surface area contributed by atoms with Crippen LogP contribution < -0.4 is 5.73 Å². The van der Waals surface area contributed by atoms with Crippen LogP contribution in [0.2, 0.25) is 0 Å². The fourth-order valence-corrected chi connectivity index (χ4v) is 3.33. The predicted octanol–water partition coefficient (Wildman–Crippen LogP) is 5.07. The number of benzene rings is 2. The van der Waals surface area contributed by atoms with Crippen molar-refractivity contribution >= 4 is 46.5 Å². The fraction of sp³-hybridized carbons (Fsp3) is 0. The molecule has 114 valence electrons. The number of rotatable bonds is 5. The van der Waals surface area contributed by atoms with E-state index in [1.807, 2.05) is 60.0 Å². The van der Waals surface area contributed by atoms with Crippen molar-refractivity contribution in [3.05, 3.63) is 70.9 Å². The molecule has 0 radical (unpaired) electrons. The van der Waals surface area contributed by atoms with Crippen molar-refractivity contribution in [2.24, 2.45) is 4.99 Å². The summed E-state index contributed by atoms with van der Waals surface area (Å²) in [4.78, 5) is 19.0. The molecule has 0 aliphatic heterocycles. The van der Waals surface area contributed by atoms with Crippen LogP contribution in [0.25, 0.3) is 0 Å². The smallest absolute Gasteiger partial charge is 0.213 e. The average Bonchev–Trinajstić information content (AvgIpc) is 3.11. The lowest BCUT2D eigenvalue weighted by Crippen LogP contribution is -1.95. The molecule has 23 heavy (non-hydrogen) atoms. The molecule has 0 saturated heterocycles. The van der Waals surface area contributed by atoms with Crippen molar-refractivity contribution in [2.75, 3.05) is 5.73 Å².